The van der Waals surface area contributed by atoms with Crippen molar-refractivity contribution in [3.8, 4) is 17.8 Å². The van der Waals surface area contributed by atoms with Gasteiger partial charge in [0, 0.05) is 0 Å². The Balaban J connectivity index is 1.61. The maximum Gasteiger partial charge on any atom is 0.397 e. The average Bonchev–Trinajstić information content (AvgIpc) is 3.11. The quantitative estimate of drug-likeness (QED) is 0.828. The van der Waals surface area contributed by atoms with Crippen molar-refractivity contribution in [1.29, 1.82) is 5.26 Å². The van der Waals surface area contributed by atoms with Crippen molar-refractivity contribution in [2.75, 3.05) is 6.61 Å². The number of ether oxygens (including phenoxy) is 2. The number of nitrogens with zero attached hydrogens (tertiary/aromatic N) is 3. The highest BCUT2D eigenvalue weighted by molar-refractivity contribution is 5.33. The van der Waals surface area contributed by atoms with Gasteiger partial charge in [-0.15, -0.1) is 0 Å². The zero-order chi connectivity index (χ0) is 19.1. The molecule has 26 heavy (non-hydrogen) atoms. The molecule has 0 radical (unpaired) electrons. The van der Waals surface area contributed by atoms with Crippen LogP contribution in [-0.2, 0) is 12.0 Å². The van der Waals surface area contributed by atoms with Gasteiger partial charge in [0.15, 0.2) is 11.8 Å². The summed E-state index contributed by atoms with van der Waals surface area (Å²) < 4.78 is 52.3. The third kappa shape index (κ3) is 3.09. The topological polar surface area (TPSA) is 60.1 Å². The van der Waals surface area contributed by atoms with Gasteiger partial charge in [-0.05, 0) is 38.5 Å². The van der Waals surface area contributed by atoms with E-state index in [0.29, 0.717) is 24.0 Å². The molecule has 0 amide bonds. The Labute approximate surface area is 149 Å². The van der Waals surface area contributed by atoms with E-state index in [1.165, 1.54) is 24.3 Å². The molecule has 0 bridgehead atoms. The number of aromatic nitrogens is 2. The number of halogens is 3. The summed E-state index contributed by atoms with van der Waals surface area (Å²) >= 11 is 0. The van der Waals surface area contributed by atoms with Gasteiger partial charge in [-0.2, -0.15) is 23.4 Å². The maximum atomic E-state index is 13.1. The number of alkyl halides is 3. The zero-order valence-electron chi connectivity index (χ0n) is 14.6. The molecule has 1 atom stereocenters. The number of imidazole rings is 1. The van der Waals surface area contributed by atoms with Gasteiger partial charge in [-0.25, -0.2) is 0 Å². The van der Waals surface area contributed by atoms with Crippen molar-refractivity contribution in [1.82, 2.24) is 9.55 Å². The van der Waals surface area contributed by atoms with Crippen LogP contribution >= 0.6 is 0 Å². The van der Waals surface area contributed by atoms with Crippen LogP contribution in [0.15, 0.2) is 24.3 Å². The minimum atomic E-state index is -4.33. The van der Waals surface area contributed by atoms with Crippen LogP contribution in [0.2, 0.25) is 0 Å². The molecule has 5 nitrogen and oxygen atoms in total. The Morgan fingerprint density at radius 1 is 1.31 bits per heavy atom. The second-order valence-electron chi connectivity index (χ2n) is 6.75. The van der Waals surface area contributed by atoms with Gasteiger partial charge in [-0.3, -0.25) is 4.57 Å². The molecule has 1 aromatic carbocycles. The van der Waals surface area contributed by atoms with Gasteiger partial charge in [0.1, 0.15) is 18.4 Å². The Bertz CT molecular complexity index is 848. The third-order valence-corrected chi connectivity index (χ3v) is 4.67. The molecule has 2 aromatic rings. The predicted octanol–water partition coefficient (Wildman–Crippen LogP) is 3.74. The molecule has 0 fully saturated rings. The minimum Gasteiger partial charge on any atom is -0.490 e. The summed E-state index contributed by atoms with van der Waals surface area (Å²) in [5, 5.41) is 8.95. The maximum absolute atomic E-state index is 13.1. The van der Waals surface area contributed by atoms with Crippen LogP contribution in [0.1, 0.15) is 30.8 Å². The standard InChI is InChI=1S/C18H18F3N3O2/c1-11-15(8-22)23-16-24(11)9-14(26-16)10-25-13-6-4-12(5-7-13)17(2,3)18(19,20)21/h4-7,14H,9-10H2,1-3H3. The van der Waals surface area contributed by atoms with Crippen LogP contribution in [-0.4, -0.2) is 28.4 Å². The van der Waals surface area contributed by atoms with Crippen molar-refractivity contribution in [3.63, 3.8) is 0 Å². The van der Waals surface area contributed by atoms with E-state index in [-0.39, 0.29) is 18.3 Å². The summed E-state index contributed by atoms with van der Waals surface area (Å²) in [6.45, 7) is 4.83. The Hall–Kier alpha value is -2.69. The van der Waals surface area contributed by atoms with E-state index in [1.807, 2.05) is 10.6 Å². The molecule has 0 saturated heterocycles. The van der Waals surface area contributed by atoms with E-state index >= 15 is 0 Å². The van der Waals surface area contributed by atoms with E-state index in [1.54, 1.807) is 6.92 Å². The number of hydrogen-bond acceptors (Lipinski definition) is 4. The van der Waals surface area contributed by atoms with Crippen molar-refractivity contribution < 1.29 is 22.6 Å². The largest absolute Gasteiger partial charge is 0.490 e. The molecule has 1 aliphatic heterocycles. The third-order valence-electron chi connectivity index (χ3n) is 4.67. The van der Waals surface area contributed by atoms with Crippen LogP contribution in [0.5, 0.6) is 11.8 Å². The van der Waals surface area contributed by atoms with Gasteiger partial charge >= 0.3 is 6.18 Å². The number of benzene rings is 1. The van der Waals surface area contributed by atoms with E-state index in [9.17, 15) is 13.2 Å². The molecule has 1 aromatic heterocycles. The van der Waals surface area contributed by atoms with Crippen molar-refractivity contribution in [2.45, 2.75) is 45.0 Å². The zero-order valence-corrected chi connectivity index (χ0v) is 14.6. The van der Waals surface area contributed by atoms with E-state index in [0.717, 1.165) is 19.5 Å². The van der Waals surface area contributed by atoms with Gasteiger partial charge in [0.05, 0.1) is 17.7 Å². The number of hydrogen-bond donors (Lipinski definition) is 0. The first-order valence-corrected chi connectivity index (χ1v) is 8.07. The fourth-order valence-electron chi connectivity index (χ4n) is 2.72. The van der Waals surface area contributed by atoms with Gasteiger partial charge in [0.2, 0.25) is 0 Å². The first kappa shape index (κ1) is 18.1. The molecule has 0 spiro atoms. The molecule has 3 rings (SSSR count). The van der Waals surface area contributed by atoms with Crippen LogP contribution in [0.25, 0.3) is 0 Å². The van der Waals surface area contributed by atoms with E-state index < -0.39 is 11.6 Å². The molecule has 8 heteroatoms. The summed E-state index contributed by atoms with van der Waals surface area (Å²) in [6.07, 6.45) is -4.59. The van der Waals surface area contributed by atoms with Gasteiger partial charge < -0.3 is 9.47 Å². The first-order valence-electron chi connectivity index (χ1n) is 8.07. The summed E-state index contributed by atoms with van der Waals surface area (Å²) in [5.41, 5.74) is -0.675. The molecule has 0 N–H and O–H groups in total. The molecule has 138 valence electrons. The van der Waals surface area contributed by atoms with Crippen molar-refractivity contribution in [3.05, 3.63) is 41.2 Å². The van der Waals surface area contributed by atoms with Crippen LogP contribution in [0.4, 0.5) is 13.2 Å². The highest BCUT2D eigenvalue weighted by atomic mass is 19.4. The molecule has 0 saturated carbocycles. The highest BCUT2D eigenvalue weighted by Gasteiger charge is 2.48. The second-order valence-corrected chi connectivity index (χ2v) is 6.75. The molecule has 1 unspecified atom stereocenters. The van der Waals surface area contributed by atoms with Crippen LogP contribution in [0.3, 0.4) is 0 Å². The highest BCUT2D eigenvalue weighted by Crippen LogP contribution is 2.40. The molecular weight excluding hydrogens is 347 g/mol. The molecular formula is C18H18F3N3O2. The Morgan fingerprint density at radius 2 is 1.96 bits per heavy atom. The summed E-state index contributed by atoms with van der Waals surface area (Å²) in [4.78, 5) is 4.09. The van der Waals surface area contributed by atoms with Crippen LogP contribution < -0.4 is 9.47 Å². The molecule has 2 heterocycles. The predicted molar refractivity (Wildman–Crippen MR) is 87.1 cm³/mol. The Kier molecular flexibility index (Phi) is 4.34. The van der Waals surface area contributed by atoms with E-state index in [2.05, 4.69) is 4.98 Å². The van der Waals surface area contributed by atoms with E-state index in [4.69, 9.17) is 14.7 Å². The number of fused-ring (bicyclic) bond motifs is 1. The second kappa shape index (κ2) is 6.24. The fraction of sp³-hybridized carbons (Fsp3) is 0.444. The minimum absolute atomic E-state index is 0.175. The molecule has 1 aliphatic rings. The lowest BCUT2D eigenvalue weighted by Gasteiger charge is -2.28. The van der Waals surface area contributed by atoms with Gasteiger partial charge in [-0.1, -0.05) is 12.1 Å². The number of rotatable bonds is 4. The SMILES string of the molecule is Cc1c(C#N)nc2n1CC(COc1ccc(C(C)(C)C(F)(F)F)cc1)O2. The van der Waals surface area contributed by atoms with Crippen molar-refractivity contribution >= 4 is 0 Å². The smallest absolute Gasteiger partial charge is 0.397 e. The fourth-order valence-corrected chi connectivity index (χ4v) is 2.72. The summed E-state index contributed by atoms with van der Waals surface area (Å²) in [5.74, 6) is 0.467. The average molecular weight is 365 g/mol. The Morgan fingerprint density at radius 3 is 2.50 bits per heavy atom. The van der Waals surface area contributed by atoms with Gasteiger partial charge in [0.25, 0.3) is 6.01 Å². The normalized spacial score (nSPS) is 16.7. The van der Waals surface area contributed by atoms with Crippen molar-refractivity contribution in [2.24, 2.45) is 0 Å². The summed E-state index contributed by atoms with van der Waals surface area (Å²) in [7, 11) is 0. The molecule has 0 aliphatic carbocycles. The first-order chi connectivity index (χ1) is 12.1. The monoisotopic (exact) mass is 365 g/mol. The lowest BCUT2D eigenvalue weighted by Crippen LogP contribution is -2.36. The lowest BCUT2D eigenvalue weighted by atomic mass is 9.84. The lowest BCUT2D eigenvalue weighted by molar-refractivity contribution is -0.180. The van der Waals surface area contributed by atoms with Crippen LogP contribution in [0, 0.1) is 18.3 Å². The number of nitriles is 1. The summed E-state index contributed by atoms with van der Waals surface area (Å²) in [6, 6.07) is 8.28.